The number of hydrogen-bond acceptors (Lipinski definition) is 4. The molecule has 0 bridgehead atoms. The first-order chi connectivity index (χ1) is 10.0. The van der Waals surface area contributed by atoms with Gasteiger partial charge in [-0.05, 0) is 11.6 Å². The third kappa shape index (κ3) is 1.90. The molecule has 0 fully saturated rings. The lowest BCUT2D eigenvalue weighted by atomic mass is 9.98. The summed E-state index contributed by atoms with van der Waals surface area (Å²) < 4.78 is 1.22. The van der Waals surface area contributed by atoms with E-state index in [4.69, 9.17) is 0 Å². The van der Waals surface area contributed by atoms with Crippen LogP contribution in [0.15, 0.2) is 30.5 Å². The first kappa shape index (κ1) is 13.0. The highest BCUT2D eigenvalue weighted by Crippen LogP contribution is 2.27. The van der Waals surface area contributed by atoms with Crippen molar-refractivity contribution in [2.45, 2.75) is 6.42 Å². The number of aryl methyl sites for hydroxylation is 1. The lowest BCUT2D eigenvalue weighted by molar-refractivity contribution is -0.117. The zero-order valence-corrected chi connectivity index (χ0v) is 11.1. The molecule has 2 heterocycles. The van der Waals surface area contributed by atoms with Crippen molar-refractivity contribution < 1.29 is 19.5 Å². The van der Waals surface area contributed by atoms with Crippen LogP contribution in [0, 0.1) is 0 Å². The van der Waals surface area contributed by atoms with Crippen LogP contribution in [0.4, 0.5) is 5.82 Å². The molecule has 0 radical (unpaired) electrons. The number of carbonyl (C=O) groups is 3. The number of amides is 2. The number of fused-ring (bicyclic) bond motifs is 1. The highest BCUT2D eigenvalue weighted by Gasteiger charge is 2.36. The van der Waals surface area contributed by atoms with Crippen LogP contribution in [0.1, 0.15) is 26.3 Å². The number of nitrogens with zero attached hydrogens (tertiary/aromatic N) is 3. The fourth-order valence-electron chi connectivity index (χ4n) is 2.42. The lowest BCUT2D eigenvalue weighted by Gasteiger charge is -2.26. The van der Waals surface area contributed by atoms with E-state index < -0.39 is 17.8 Å². The van der Waals surface area contributed by atoms with Gasteiger partial charge < -0.3 is 5.11 Å². The Kier molecular flexibility index (Phi) is 2.83. The number of aromatic carboxylic acids is 1. The summed E-state index contributed by atoms with van der Waals surface area (Å²) in [6.45, 7) is 0. The molecule has 21 heavy (non-hydrogen) atoms. The molecule has 1 aliphatic rings. The first-order valence-electron chi connectivity index (χ1n) is 6.21. The molecule has 1 aromatic heterocycles. The fourth-order valence-corrected chi connectivity index (χ4v) is 2.42. The number of hydrogen-bond donors (Lipinski definition) is 1. The predicted octanol–water partition coefficient (Wildman–Crippen LogP) is 0.848. The molecule has 0 saturated carbocycles. The van der Waals surface area contributed by atoms with E-state index in [-0.39, 0.29) is 17.8 Å². The largest absolute Gasteiger partial charge is 0.477 e. The van der Waals surface area contributed by atoms with E-state index in [1.54, 1.807) is 24.3 Å². The Morgan fingerprint density at radius 3 is 2.71 bits per heavy atom. The number of rotatable bonds is 2. The molecule has 0 spiro atoms. The number of anilines is 1. The molecule has 2 amide bonds. The average Bonchev–Trinajstić information content (AvgIpc) is 2.81. The van der Waals surface area contributed by atoms with Crippen molar-refractivity contribution in [2.24, 2.45) is 7.05 Å². The maximum absolute atomic E-state index is 12.5. The van der Waals surface area contributed by atoms with Crippen LogP contribution in [0.3, 0.4) is 0 Å². The molecule has 7 nitrogen and oxygen atoms in total. The molecule has 106 valence electrons. The van der Waals surface area contributed by atoms with E-state index in [9.17, 15) is 19.5 Å². The van der Waals surface area contributed by atoms with Gasteiger partial charge in [0.1, 0.15) is 5.56 Å². The van der Waals surface area contributed by atoms with Crippen LogP contribution in [0.25, 0.3) is 0 Å². The molecule has 1 aromatic carbocycles. The topological polar surface area (TPSA) is 92.5 Å². The van der Waals surface area contributed by atoms with E-state index in [2.05, 4.69) is 5.10 Å². The number of benzene rings is 1. The summed E-state index contributed by atoms with van der Waals surface area (Å²) in [5.74, 6) is -2.26. The van der Waals surface area contributed by atoms with Crippen LogP contribution in [-0.4, -0.2) is 32.7 Å². The lowest BCUT2D eigenvalue weighted by Crippen LogP contribution is -2.44. The Hall–Kier alpha value is -2.96. The van der Waals surface area contributed by atoms with Crippen molar-refractivity contribution in [3.63, 3.8) is 0 Å². The minimum absolute atomic E-state index is 0.0213. The molecule has 1 aliphatic heterocycles. The van der Waals surface area contributed by atoms with E-state index in [1.807, 2.05) is 0 Å². The van der Waals surface area contributed by atoms with E-state index in [1.165, 1.54) is 11.7 Å². The molecule has 2 aromatic rings. The molecule has 0 atom stereocenters. The quantitative estimate of drug-likeness (QED) is 0.826. The second-order valence-corrected chi connectivity index (χ2v) is 4.68. The number of aromatic nitrogens is 2. The summed E-state index contributed by atoms with van der Waals surface area (Å²) >= 11 is 0. The van der Waals surface area contributed by atoms with Crippen LogP contribution < -0.4 is 4.90 Å². The second kappa shape index (κ2) is 4.55. The van der Waals surface area contributed by atoms with Gasteiger partial charge in [-0.2, -0.15) is 5.10 Å². The minimum atomic E-state index is -1.24. The molecule has 7 heteroatoms. The van der Waals surface area contributed by atoms with E-state index in [0.29, 0.717) is 11.1 Å². The normalized spacial score (nSPS) is 14.2. The van der Waals surface area contributed by atoms with Crippen molar-refractivity contribution in [1.82, 2.24) is 9.78 Å². The number of carboxylic acids is 1. The van der Waals surface area contributed by atoms with Crippen molar-refractivity contribution in [3.05, 3.63) is 47.2 Å². The predicted molar refractivity (Wildman–Crippen MR) is 72.1 cm³/mol. The van der Waals surface area contributed by atoms with Crippen LogP contribution in [-0.2, 0) is 18.3 Å². The van der Waals surface area contributed by atoms with Crippen LogP contribution in [0.5, 0.6) is 0 Å². The number of carboxylic acid groups (broad SMARTS) is 1. The monoisotopic (exact) mass is 285 g/mol. The van der Waals surface area contributed by atoms with E-state index in [0.717, 1.165) is 11.1 Å². The molecule has 0 unspecified atom stereocenters. The van der Waals surface area contributed by atoms with Gasteiger partial charge in [0.2, 0.25) is 5.91 Å². The van der Waals surface area contributed by atoms with Crippen molar-refractivity contribution in [2.75, 3.05) is 4.90 Å². The van der Waals surface area contributed by atoms with Gasteiger partial charge in [0, 0.05) is 12.6 Å². The van der Waals surface area contributed by atoms with Gasteiger partial charge in [0.05, 0.1) is 12.6 Å². The van der Waals surface area contributed by atoms with Crippen molar-refractivity contribution in [1.29, 1.82) is 0 Å². The molecular weight excluding hydrogens is 274 g/mol. The zero-order chi connectivity index (χ0) is 15.1. The summed E-state index contributed by atoms with van der Waals surface area (Å²) in [5, 5.41) is 13.0. The first-order valence-corrected chi connectivity index (χ1v) is 6.21. The summed E-state index contributed by atoms with van der Waals surface area (Å²) in [5.41, 5.74) is 0.857. The summed E-state index contributed by atoms with van der Waals surface area (Å²) in [4.78, 5) is 36.9. The van der Waals surface area contributed by atoms with Gasteiger partial charge in [-0.15, -0.1) is 0 Å². The van der Waals surface area contributed by atoms with Crippen LogP contribution in [0.2, 0.25) is 0 Å². The number of imide groups is 1. The van der Waals surface area contributed by atoms with Crippen molar-refractivity contribution in [3.8, 4) is 0 Å². The smallest absolute Gasteiger partial charge is 0.341 e. The fraction of sp³-hybridized carbons (Fsp3) is 0.143. The average molecular weight is 285 g/mol. The summed E-state index contributed by atoms with van der Waals surface area (Å²) in [6, 6.07) is 6.78. The van der Waals surface area contributed by atoms with Gasteiger partial charge in [-0.25, -0.2) is 9.69 Å². The third-order valence-corrected chi connectivity index (χ3v) is 3.39. The summed E-state index contributed by atoms with van der Waals surface area (Å²) in [6.07, 6.45) is 1.17. The Bertz CT molecular complexity index is 778. The van der Waals surface area contributed by atoms with Gasteiger partial charge in [-0.3, -0.25) is 14.3 Å². The molecule has 0 saturated heterocycles. The maximum atomic E-state index is 12.5. The Morgan fingerprint density at radius 1 is 1.29 bits per heavy atom. The molecular formula is C14H11N3O4. The van der Waals surface area contributed by atoms with Gasteiger partial charge >= 0.3 is 5.97 Å². The summed E-state index contributed by atoms with van der Waals surface area (Å²) in [7, 11) is 1.49. The third-order valence-electron chi connectivity index (χ3n) is 3.39. The zero-order valence-electron chi connectivity index (χ0n) is 11.1. The van der Waals surface area contributed by atoms with Gasteiger partial charge in [0.15, 0.2) is 5.82 Å². The molecule has 0 aliphatic carbocycles. The number of carbonyl (C=O) groups excluding carboxylic acids is 2. The Morgan fingerprint density at radius 2 is 2.00 bits per heavy atom. The SMILES string of the molecule is Cn1ncc(C(=O)O)c1N1C(=O)Cc2ccccc2C1=O. The Balaban J connectivity index is 2.16. The molecule has 3 rings (SSSR count). The highest BCUT2D eigenvalue weighted by molar-refractivity contribution is 6.25. The van der Waals surface area contributed by atoms with Crippen LogP contribution >= 0.6 is 0 Å². The minimum Gasteiger partial charge on any atom is -0.477 e. The van der Waals surface area contributed by atoms with Crippen molar-refractivity contribution >= 4 is 23.6 Å². The highest BCUT2D eigenvalue weighted by atomic mass is 16.4. The second-order valence-electron chi connectivity index (χ2n) is 4.68. The van der Waals surface area contributed by atoms with Gasteiger partial charge in [-0.1, -0.05) is 18.2 Å². The van der Waals surface area contributed by atoms with Gasteiger partial charge in [0.25, 0.3) is 5.91 Å². The Labute approximate surface area is 119 Å². The standard InChI is InChI=1S/C14H11N3O4/c1-16-12(10(7-15-16)14(20)21)17-11(18)6-8-4-2-3-5-9(8)13(17)19/h2-5,7H,6H2,1H3,(H,20,21). The van der Waals surface area contributed by atoms with E-state index >= 15 is 0 Å². The maximum Gasteiger partial charge on any atom is 0.341 e. The molecule has 1 N–H and O–H groups in total.